The van der Waals surface area contributed by atoms with E-state index in [0.717, 1.165) is 43.2 Å². The van der Waals surface area contributed by atoms with Gasteiger partial charge in [0.25, 0.3) is 0 Å². The van der Waals surface area contributed by atoms with Crippen LogP contribution < -0.4 is 0 Å². The van der Waals surface area contributed by atoms with Crippen LogP contribution in [0.2, 0.25) is 5.02 Å². The van der Waals surface area contributed by atoms with Gasteiger partial charge in [0.2, 0.25) is 0 Å². The third-order valence-corrected chi connectivity index (χ3v) is 6.30. The zero-order valence-corrected chi connectivity index (χ0v) is 18.1. The lowest BCUT2D eigenvalue weighted by molar-refractivity contribution is 0.0905. The number of aryl methyl sites for hydroxylation is 1. The number of likely N-dealkylation sites (N-methyl/N-ethyl adjacent to an activating group) is 1. The van der Waals surface area contributed by atoms with Gasteiger partial charge >= 0.3 is 0 Å². The summed E-state index contributed by atoms with van der Waals surface area (Å²) in [5.41, 5.74) is 6.31. The van der Waals surface area contributed by atoms with Crippen LogP contribution in [0.3, 0.4) is 0 Å². The third-order valence-electron chi connectivity index (χ3n) is 5.97. The van der Waals surface area contributed by atoms with E-state index in [2.05, 4.69) is 90.5 Å². The maximum absolute atomic E-state index is 6.41. The van der Waals surface area contributed by atoms with Crippen molar-refractivity contribution in [3.8, 4) is 11.1 Å². The molecule has 1 atom stereocenters. The van der Waals surface area contributed by atoms with Crippen molar-refractivity contribution in [3.05, 3.63) is 94.5 Å². The molecule has 29 heavy (non-hydrogen) atoms. The average molecular weight is 405 g/mol. The van der Waals surface area contributed by atoms with Gasteiger partial charge in [0.1, 0.15) is 0 Å². The van der Waals surface area contributed by atoms with Crippen molar-refractivity contribution >= 4 is 11.6 Å². The fourth-order valence-corrected chi connectivity index (χ4v) is 4.40. The quantitative estimate of drug-likeness (QED) is 0.540. The monoisotopic (exact) mass is 404 g/mol. The highest BCUT2D eigenvalue weighted by molar-refractivity contribution is 6.33. The smallest absolute Gasteiger partial charge is 0.0484 e. The molecule has 3 aromatic rings. The Morgan fingerprint density at radius 1 is 0.897 bits per heavy atom. The first-order chi connectivity index (χ1) is 14.1. The van der Waals surface area contributed by atoms with E-state index in [1.165, 1.54) is 22.3 Å². The normalized spacial score (nSPS) is 18.1. The van der Waals surface area contributed by atoms with Crippen molar-refractivity contribution in [1.29, 1.82) is 0 Å². The first-order valence-corrected chi connectivity index (χ1v) is 10.8. The molecule has 0 radical (unpaired) electrons. The second-order valence-electron chi connectivity index (χ2n) is 8.24. The molecule has 0 bridgehead atoms. The molecule has 3 heteroatoms. The number of benzene rings is 3. The van der Waals surface area contributed by atoms with Crippen molar-refractivity contribution in [2.75, 3.05) is 26.7 Å². The molecule has 0 spiro atoms. The molecule has 1 saturated heterocycles. The highest BCUT2D eigenvalue weighted by Gasteiger charge is 2.24. The van der Waals surface area contributed by atoms with E-state index in [4.69, 9.17) is 11.6 Å². The predicted molar refractivity (Wildman–Crippen MR) is 123 cm³/mol. The van der Waals surface area contributed by atoms with Crippen molar-refractivity contribution in [2.24, 2.45) is 0 Å². The average Bonchev–Trinajstić information content (AvgIpc) is 2.74. The molecular weight excluding hydrogens is 376 g/mol. The summed E-state index contributed by atoms with van der Waals surface area (Å²) in [6.07, 6.45) is 1.11. The Morgan fingerprint density at radius 2 is 1.66 bits per heavy atom. The van der Waals surface area contributed by atoms with Crippen molar-refractivity contribution < 1.29 is 0 Å². The Hall–Kier alpha value is -2.13. The summed E-state index contributed by atoms with van der Waals surface area (Å²) in [6, 6.07) is 26.5. The van der Waals surface area contributed by atoms with Crippen LogP contribution in [-0.4, -0.2) is 42.5 Å². The van der Waals surface area contributed by atoms with Crippen LogP contribution in [0.4, 0.5) is 0 Å². The number of nitrogens with zero attached hydrogens (tertiary/aromatic N) is 2. The molecule has 1 heterocycles. The maximum atomic E-state index is 6.41. The highest BCUT2D eigenvalue weighted by Crippen LogP contribution is 2.29. The first-order valence-electron chi connectivity index (χ1n) is 10.4. The molecule has 0 N–H and O–H groups in total. The standard InChI is InChI=1S/C26H29ClN2/c1-20-8-13-26(27)25(16-20)23-11-9-22(10-12-23)18-29-15-14-28(2)24(19-29)17-21-6-4-3-5-7-21/h3-13,16,24H,14-15,17-19H2,1-2H3. The van der Waals surface area contributed by atoms with E-state index < -0.39 is 0 Å². The lowest BCUT2D eigenvalue weighted by Crippen LogP contribution is -2.51. The van der Waals surface area contributed by atoms with Gasteiger partial charge in [-0.1, -0.05) is 77.8 Å². The molecule has 1 aliphatic rings. The van der Waals surface area contributed by atoms with E-state index in [1.807, 2.05) is 6.07 Å². The molecule has 0 aliphatic carbocycles. The Balaban J connectivity index is 1.41. The molecule has 0 saturated carbocycles. The third kappa shape index (κ3) is 5.08. The van der Waals surface area contributed by atoms with Crippen molar-refractivity contribution in [1.82, 2.24) is 9.80 Å². The number of rotatable bonds is 5. The molecule has 4 rings (SSSR count). The summed E-state index contributed by atoms with van der Waals surface area (Å²) < 4.78 is 0. The molecule has 150 valence electrons. The zero-order valence-electron chi connectivity index (χ0n) is 17.3. The van der Waals surface area contributed by atoms with E-state index >= 15 is 0 Å². The molecular formula is C26H29ClN2. The zero-order chi connectivity index (χ0) is 20.2. The number of piperazine rings is 1. The highest BCUT2D eigenvalue weighted by atomic mass is 35.5. The van der Waals surface area contributed by atoms with Crippen molar-refractivity contribution in [3.63, 3.8) is 0 Å². The van der Waals surface area contributed by atoms with Crippen LogP contribution in [0.25, 0.3) is 11.1 Å². The van der Waals surface area contributed by atoms with Gasteiger partial charge in [0.05, 0.1) is 0 Å². The SMILES string of the molecule is Cc1ccc(Cl)c(-c2ccc(CN3CCN(C)C(Cc4ccccc4)C3)cc2)c1. The Bertz CT molecular complexity index is 937. The lowest BCUT2D eigenvalue weighted by atomic mass is 10.0. The number of halogens is 1. The van der Waals surface area contributed by atoms with E-state index in [9.17, 15) is 0 Å². The summed E-state index contributed by atoms with van der Waals surface area (Å²) in [7, 11) is 2.26. The minimum atomic E-state index is 0.566. The van der Waals surface area contributed by atoms with Gasteiger partial charge in [-0.3, -0.25) is 4.90 Å². The van der Waals surface area contributed by atoms with Gasteiger partial charge in [-0.05, 0) is 49.2 Å². The van der Waals surface area contributed by atoms with E-state index in [-0.39, 0.29) is 0 Å². The fraction of sp³-hybridized carbons (Fsp3) is 0.308. The van der Waals surface area contributed by atoms with Gasteiger partial charge in [0, 0.05) is 42.8 Å². The molecule has 1 unspecified atom stereocenters. The minimum absolute atomic E-state index is 0.566. The Labute approximate surface area is 179 Å². The molecule has 0 amide bonds. The van der Waals surface area contributed by atoms with Crippen molar-refractivity contribution in [2.45, 2.75) is 25.9 Å². The van der Waals surface area contributed by atoms with Crippen LogP contribution >= 0.6 is 11.6 Å². The second-order valence-corrected chi connectivity index (χ2v) is 8.65. The van der Waals surface area contributed by atoms with Crippen LogP contribution in [0, 0.1) is 6.92 Å². The summed E-state index contributed by atoms with van der Waals surface area (Å²) >= 11 is 6.41. The van der Waals surface area contributed by atoms with Crippen LogP contribution in [0.15, 0.2) is 72.8 Å². The summed E-state index contributed by atoms with van der Waals surface area (Å²) in [6.45, 7) is 6.45. The largest absolute Gasteiger partial charge is 0.301 e. The molecule has 1 aliphatic heterocycles. The molecule has 2 nitrogen and oxygen atoms in total. The maximum Gasteiger partial charge on any atom is 0.0484 e. The van der Waals surface area contributed by atoms with E-state index in [0.29, 0.717) is 6.04 Å². The summed E-state index contributed by atoms with van der Waals surface area (Å²) in [5, 5.41) is 0.811. The van der Waals surface area contributed by atoms with Gasteiger partial charge in [-0.2, -0.15) is 0 Å². The Morgan fingerprint density at radius 3 is 2.41 bits per heavy atom. The molecule has 1 fully saturated rings. The van der Waals surface area contributed by atoms with Gasteiger partial charge in [0.15, 0.2) is 0 Å². The van der Waals surface area contributed by atoms with Crippen LogP contribution in [0.5, 0.6) is 0 Å². The number of hydrogen-bond donors (Lipinski definition) is 0. The van der Waals surface area contributed by atoms with Gasteiger partial charge in [-0.15, -0.1) is 0 Å². The fourth-order valence-electron chi connectivity index (χ4n) is 4.17. The summed E-state index contributed by atoms with van der Waals surface area (Å²) in [4.78, 5) is 5.09. The summed E-state index contributed by atoms with van der Waals surface area (Å²) in [5.74, 6) is 0. The van der Waals surface area contributed by atoms with Gasteiger partial charge in [-0.25, -0.2) is 0 Å². The van der Waals surface area contributed by atoms with Crippen LogP contribution in [0.1, 0.15) is 16.7 Å². The Kier molecular flexibility index (Phi) is 6.34. The predicted octanol–water partition coefficient (Wildman–Crippen LogP) is 5.67. The minimum Gasteiger partial charge on any atom is -0.301 e. The lowest BCUT2D eigenvalue weighted by Gasteiger charge is -2.39. The second kappa shape index (κ2) is 9.13. The van der Waals surface area contributed by atoms with Crippen LogP contribution in [-0.2, 0) is 13.0 Å². The van der Waals surface area contributed by atoms with E-state index in [1.54, 1.807) is 0 Å². The first kappa shape index (κ1) is 20.2. The topological polar surface area (TPSA) is 6.48 Å². The molecule has 0 aromatic heterocycles. The van der Waals surface area contributed by atoms with Gasteiger partial charge < -0.3 is 4.90 Å². The number of hydrogen-bond acceptors (Lipinski definition) is 2. The molecule has 3 aromatic carbocycles.